The highest BCUT2D eigenvalue weighted by Crippen LogP contribution is 2.29. The lowest BCUT2D eigenvalue weighted by molar-refractivity contribution is 0.372. The van der Waals surface area contributed by atoms with Crippen LogP contribution in [0.5, 0.6) is 11.5 Å². The van der Waals surface area contributed by atoms with Crippen molar-refractivity contribution < 1.29 is 9.84 Å². The largest absolute Gasteiger partial charge is 0.504 e. The fourth-order valence-corrected chi connectivity index (χ4v) is 1.43. The Bertz CT molecular complexity index is 361. The molecule has 0 aliphatic rings. The van der Waals surface area contributed by atoms with Gasteiger partial charge in [0.2, 0.25) is 0 Å². The molecule has 0 bridgehead atoms. The molecule has 3 nitrogen and oxygen atoms in total. The highest BCUT2D eigenvalue weighted by molar-refractivity contribution is 5.42. The van der Waals surface area contributed by atoms with Crippen LogP contribution in [0.15, 0.2) is 30.4 Å². The quantitative estimate of drug-likeness (QED) is 0.745. The van der Waals surface area contributed by atoms with Gasteiger partial charge in [-0.05, 0) is 31.0 Å². The van der Waals surface area contributed by atoms with E-state index < -0.39 is 0 Å². The van der Waals surface area contributed by atoms with E-state index in [-0.39, 0.29) is 11.8 Å². The molecule has 3 heteroatoms. The number of nitrogens with two attached hydrogens (primary N) is 1. The maximum Gasteiger partial charge on any atom is 0.160 e. The van der Waals surface area contributed by atoms with Crippen molar-refractivity contribution in [3.63, 3.8) is 0 Å². The van der Waals surface area contributed by atoms with Gasteiger partial charge in [-0.25, -0.2) is 0 Å². The summed E-state index contributed by atoms with van der Waals surface area (Å²) in [6, 6.07) is 5.07. The maximum atomic E-state index is 9.57. The third-order valence-corrected chi connectivity index (χ3v) is 2.20. The monoisotopic (exact) mass is 207 g/mol. The Morgan fingerprint density at radius 1 is 1.60 bits per heavy atom. The van der Waals surface area contributed by atoms with E-state index in [9.17, 15) is 5.11 Å². The van der Waals surface area contributed by atoms with E-state index in [4.69, 9.17) is 10.5 Å². The van der Waals surface area contributed by atoms with Crippen LogP contribution < -0.4 is 10.5 Å². The molecule has 0 aliphatic heterocycles. The maximum absolute atomic E-state index is 9.57. The van der Waals surface area contributed by atoms with E-state index in [1.807, 2.05) is 13.0 Å². The highest BCUT2D eigenvalue weighted by atomic mass is 16.5. The van der Waals surface area contributed by atoms with Crippen molar-refractivity contribution in [2.24, 2.45) is 5.73 Å². The Labute approximate surface area is 90.2 Å². The van der Waals surface area contributed by atoms with Crippen LogP contribution in [0.1, 0.15) is 24.9 Å². The first-order chi connectivity index (χ1) is 7.04. The number of benzene rings is 1. The normalized spacial score (nSPS) is 12.2. The van der Waals surface area contributed by atoms with Gasteiger partial charge in [-0.15, -0.1) is 6.58 Å². The molecule has 0 unspecified atom stereocenters. The third kappa shape index (κ3) is 2.99. The SMILES string of the molecule is C=C(C)C[C@@H](N)c1ccc(OC)c(O)c1. The van der Waals surface area contributed by atoms with Crippen LogP contribution in [-0.2, 0) is 0 Å². The minimum absolute atomic E-state index is 0.118. The number of hydrogen-bond acceptors (Lipinski definition) is 3. The van der Waals surface area contributed by atoms with E-state index in [0.29, 0.717) is 12.2 Å². The number of phenols is 1. The Morgan fingerprint density at radius 3 is 2.73 bits per heavy atom. The average Bonchev–Trinajstić information content (AvgIpc) is 2.16. The molecule has 15 heavy (non-hydrogen) atoms. The summed E-state index contributed by atoms with van der Waals surface area (Å²) < 4.78 is 4.95. The predicted molar refractivity (Wildman–Crippen MR) is 61.0 cm³/mol. The van der Waals surface area contributed by atoms with E-state index in [0.717, 1.165) is 11.1 Å². The molecule has 0 aromatic heterocycles. The number of phenolic OH excluding ortho intramolecular Hbond substituents is 1. The van der Waals surface area contributed by atoms with Crippen LogP contribution in [0.2, 0.25) is 0 Å². The lowest BCUT2D eigenvalue weighted by Crippen LogP contribution is -2.10. The van der Waals surface area contributed by atoms with Gasteiger partial charge < -0.3 is 15.6 Å². The lowest BCUT2D eigenvalue weighted by Gasteiger charge is -2.13. The van der Waals surface area contributed by atoms with Crippen LogP contribution in [0.25, 0.3) is 0 Å². The minimum atomic E-state index is -0.126. The summed E-state index contributed by atoms with van der Waals surface area (Å²) in [6.45, 7) is 5.74. The number of rotatable bonds is 4. The van der Waals surface area contributed by atoms with Crippen molar-refractivity contribution in [3.05, 3.63) is 35.9 Å². The van der Waals surface area contributed by atoms with Gasteiger partial charge in [0.15, 0.2) is 11.5 Å². The van der Waals surface area contributed by atoms with Gasteiger partial charge in [0, 0.05) is 6.04 Å². The van der Waals surface area contributed by atoms with Crippen LogP contribution in [0, 0.1) is 0 Å². The molecule has 1 atom stereocenters. The second-order valence-corrected chi connectivity index (χ2v) is 3.70. The van der Waals surface area contributed by atoms with Crippen molar-refractivity contribution >= 4 is 0 Å². The van der Waals surface area contributed by atoms with Crippen LogP contribution >= 0.6 is 0 Å². The first kappa shape index (κ1) is 11.6. The van der Waals surface area contributed by atoms with Gasteiger partial charge in [-0.2, -0.15) is 0 Å². The molecular weight excluding hydrogens is 190 g/mol. The molecule has 82 valence electrons. The van der Waals surface area contributed by atoms with Gasteiger partial charge >= 0.3 is 0 Å². The number of methoxy groups -OCH3 is 1. The molecule has 0 heterocycles. The zero-order valence-corrected chi connectivity index (χ0v) is 9.16. The number of ether oxygens (including phenoxy) is 1. The highest BCUT2D eigenvalue weighted by Gasteiger charge is 2.09. The molecule has 1 rings (SSSR count). The summed E-state index contributed by atoms with van der Waals surface area (Å²) in [5.41, 5.74) is 7.85. The summed E-state index contributed by atoms with van der Waals surface area (Å²) in [7, 11) is 1.52. The van der Waals surface area contributed by atoms with Crippen LogP contribution in [0.3, 0.4) is 0 Å². The Balaban J connectivity index is 2.87. The van der Waals surface area contributed by atoms with Crippen LogP contribution in [0.4, 0.5) is 0 Å². The number of hydrogen-bond donors (Lipinski definition) is 2. The zero-order chi connectivity index (χ0) is 11.4. The van der Waals surface area contributed by atoms with Gasteiger partial charge in [0.25, 0.3) is 0 Å². The van der Waals surface area contributed by atoms with Crippen molar-refractivity contribution in [2.75, 3.05) is 7.11 Å². The standard InChI is InChI=1S/C12H17NO2/c1-8(2)6-10(13)9-4-5-12(15-3)11(14)7-9/h4-5,7,10,14H,1,6,13H2,2-3H3/t10-/m1/s1. The Kier molecular flexibility index (Phi) is 3.74. The Morgan fingerprint density at radius 2 is 2.27 bits per heavy atom. The molecule has 1 aromatic carbocycles. The molecule has 1 aromatic rings. The first-order valence-corrected chi connectivity index (χ1v) is 4.81. The summed E-state index contributed by atoms with van der Waals surface area (Å²) in [5.74, 6) is 0.577. The lowest BCUT2D eigenvalue weighted by atomic mass is 10.0. The van der Waals surface area contributed by atoms with E-state index in [1.54, 1.807) is 12.1 Å². The molecule has 0 radical (unpaired) electrons. The summed E-state index contributed by atoms with van der Waals surface area (Å²) in [6.07, 6.45) is 0.714. The molecule has 0 fully saturated rings. The predicted octanol–water partition coefficient (Wildman–Crippen LogP) is 2.37. The molecule has 3 N–H and O–H groups in total. The second-order valence-electron chi connectivity index (χ2n) is 3.70. The molecule has 0 aliphatic carbocycles. The average molecular weight is 207 g/mol. The molecule has 0 saturated heterocycles. The molecule has 0 amide bonds. The van der Waals surface area contributed by atoms with E-state index in [1.165, 1.54) is 7.11 Å². The Hall–Kier alpha value is -1.48. The number of aromatic hydroxyl groups is 1. The summed E-state index contributed by atoms with van der Waals surface area (Å²) >= 11 is 0. The van der Waals surface area contributed by atoms with Gasteiger partial charge in [0.05, 0.1) is 7.11 Å². The minimum Gasteiger partial charge on any atom is -0.504 e. The van der Waals surface area contributed by atoms with Gasteiger partial charge in [-0.1, -0.05) is 11.6 Å². The van der Waals surface area contributed by atoms with Gasteiger partial charge in [-0.3, -0.25) is 0 Å². The summed E-state index contributed by atoms with van der Waals surface area (Å²) in [5, 5.41) is 9.57. The third-order valence-electron chi connectivity index (χ3n) is 2.20. The second kappa shape index (κ2) is 4.84. The van der Waals surface area contributed by atoms with Crippen molar-refractivity contribution in [1.82, 2.24) is 0 Å². The fraction of sp³-hybridized carbons (Fsp3) is 0.333. The van der Waals surface area contributed by atoms with E-state index >= 15 is 0 Å². The smallest absolute Gasteiger partial charge is 0.160 e. The van der Waals surface area contributed by atoms with Crippen molar-refractivity contribution in [3.8, 4) is 11.5 Å². The van der Waals surface area contributed by atoms with E-state index in [2.05, 4.69) is 6.58 Å². The van der Waals surface area contributed by atoms with Crippen molar-refractivity contribution in [2.45, 2.75) is 19.4 Å². The zero-order valence-electron chi connectivity index (χ0n) is 9.16. The summed E-state index contributed by atoms with van der Waals surface area (Å²) in [4.78, 5) is 0. The topological polar surface area (TPSA) is 55.5 Å². The fourth-order valence-electron chi connectivity index (χ4n) is 1.43. The van der Waals surface area contributed by atoms with Gasteiger partial charge in [0.1, 0.15) is 0 Å². The molecular formula is C12H17NO2. The first-order valence-electron chi connectivity index (χ1n) is 4.81. The molecule has 0 saturated carbocycles. The molecule has 0 spiro atoms. The van der Waals surface area contributed by atoms with Crippen LogP contribution in [-0.4, -0.2) is 12.2 Å². The van der Waals surface area contributed by atoms with Crippen molar-refractivity contribution in [1.29, 1.82) is 0 Å².